The Balaban J connectivity index is 1.34. The Kier molecular flexibility index (Phi) is 8.37. The van der Waals surface area contributed by atoms with Crippen LogP contribution in [0.4, 0.5) is 29.1 Å². The van der Waals surface area contributed by atoms with Gasteiger partial charge in [0, 0.05) is 37.4 Å². The number of nitrogens with zero attached hydrogens (tertiary/aromatic N) is 7. The van der Waals surface area contributed by atoms with Crippen LogP contribution >= 0.6 is 0 Å². The Bertz CT molecular complexity index is 1510. The lowest BCUT2D eigenvalue weighted by Gasteiger charge is -2.41. The highest BCUT2D eigenvalue weighted by molar-refractivity contribution is 5.91. The van der Waals surface area contributed by atoms with E-state index in [0.717, 1.165) is 44.3 Å². The second kappa shape index (κ2) is 12.1. The van der Waals surface area contributed by atoms with Crippen LogP contribution in [0.25, 0.3) is 4.85 Å². The van der Waals surface area contributed by atoms with Crippen molar-refractivity contribution >= 4 is 17.4 Å². The van der Waals surface area contributed by atoms with Crippen LogP contribution in [0.2, 0.25) is 0 Å². The van der Waals surface area contributed by atoms with Gasteiger partial charge in [0.1, 0.15) is 18.5 Å². The fourth-order valence-corrected chi connectivity index (χ4v) is 7.60. The van der Waals surface area contributed by atoms with Crippen molar-refractivity contribution in [2.45, 2.75) is 63.3 Å². The summed E-state index contributed by atoms with van der Waals surface area (Å²) in [6.45, 7) is 15.7. The molecular weight excluding hydrogens is 590 g/mol. The maximum Gasteiger partial charge on any atom is 0.418 e. The molecule has 4 aliphatic heterocycles. The van der Waals surface area contributed by atoms with E-state index in [4.69, 9.17) is 21.3 Å². The molecule has 2 aromatic rings. The van der Waals surface area contributed by atoms with Crippen LogP contribution in [0.1, 0.15) is 48.1 Å². The smallest absolute Gasteiger partial charge is 0.418 e. The first kappa shape index (κ1) is 31.1. The summed E-state index contributed by atoms with van der Waals surface area (Å²) in [5.41, 5.74) is 0.939. The molecule has 1 aromatic heterocycles. The second-order valence-corrected chi connectivity index (χ2v) is 12.4. The molecule has 3 saturated heterocycles. The molecule has 3 fully saturated rings. The number of hydrogen-bond donors (Lipinski definition) is 0. The van der Waals surface area contributed by atoms with Gasteiger partial charge in [0.2, 0.25) is 6.54 Å². The molecule has 45 heavy (non-hydrogen) atoms. The number of rotatable bonds is 7. The van der Waals surface area contributed by atoms with Gasteiger partial charge in [0.05, 0.1) is 23.3 Å². The Morgan fingerprint density at radius 2 is 1.89 bits per heavy atom. The number of hydrogen-bond acceptors (Lipinski definition) is 7. The lowest BCUT2D eigenvalue weighted by molar-refractivity contribution is -0.137. The van der Waals surface area contributed by atoms with Gasteiger partial charge in [-0.15, -0.1) is 0 Å². The van der Waals surface area contributed by atoms with Crippen molar-refractivity contribution in [3.8, 4) is 6.01 Å². The fourth-order valence-electron chi connectivity index (χ4n) is 7.60. The Morgan fingerprint density at radius 1 is 1.13 bits per heavy atom. The minimum Gasteiger partial charge on any atom is -0.461 e. The van der Waals surface area contributed by atoms with Crippen LogP contribution in [-0.2, 0) is 23.9 Å². The summed E-state index contributed by atoms with van der Waals surface area (Å²) in [7, 11) is 0. The summed E-state index contributed by atoms with van der Waals surface area (Å²) in [5, 5.41) is 0. The molecule has 0 radical (unpaired) electrons. The van der Waals surface area contributed by atoms with Crippen LogP contribution in [0.3, 0.4) is 0 Å². The number of carbonyl (C=O) groups excluding carboxylic acids is 1. The van der Waals surface area contributed by atoms with Gasteiger partial charge >= 0.3 is 12.2 Å². The molecule has 4 aliphatic rings. The second-order valence-electron chi connectivity index (χ2n) is 12.4. The number of piperazine rings is 1. The van der Waals surface area contributed by atoms with Gasteiger partial charge in [0.25, 0.3) is 5.91 Å². The maximum atomic E-state index is 14.2. The van der Waals surface area contributed by atoms with Gasteiger partial charge in [-0.05, 0) is 63.7 Å². The predicted molar refractivity (Wildman–Crippen MR) is 161 cm³/mol. The number of halogens is 4. The summed E-state index contributed by atoms with van der Waals surface area (Å²) in [4.78, 5) is 33.1. The first-order valence-electron chi connectivity index (χ1n) is 15.4. The fraction of sp³-hybridized carbons (Fsp3) is 0.562. The van der Waals surface area contributed by atoms with E-state index in [1.807, 2.05) is 4.90 Å². The van der Waals surface area contributed by atoms with Crippen molar-refractivity contribution in [2.75, 3.05) is 62.2 Å². The van der Waals surface area contributed by atoms with E-state index in [0.29, 0.717) is 37.6 Å². The van der Waals surface area contributed by atoms with Crippen molar-refractivity contribution in [1.82, 2.24) is 19.8 Å². The molecule has 13 heteroatoms. The molecule has 1 amide bonds. The maximum absolute atomic E-state index is 14.2. The van der Waals surface area contributed by atoms with Crippen molar-refractivity contribution in [2.24, 2.45) is 0 Å². The third kappa shape index (κ3) is 5.92. The quantitative estimate of drug-likeness (QED) is 0.249. The largest absolute Gasteiger partial charge is 0.461 e. The van der Waals surface area contributed by atoms with E-state index in [9.17, 15) is 22.4 Å². The molecule has 0 saturated carbocycles. The molecule has 1 aromatic carbocycles. The monoisotopic (exact) mass is 627 g/mol. The van der Waals surface area contributed by atoms with Gasteiger partial charge in [-0.2, -0.15) is 23.1 Å². The molecule has 1 atom stereocenters. The van der Waals surface area contributed by atoms with Crippen molar-refractivity contribution in [1.29, 1.82) is 0 Å². The average Bonchev–Trinajstić information content (AvgIpc) is 3.59. The van der Waals surface area contributed by atoms with E-state index >= 15 is 0 Å². The van der Waals surface area contributed by atoms with E-state index in [1.54, 1.807) is 11.0 Å². The first-order chi connectivity index (χ1) is 21.5. The lowest BCUT2D eigenvalue weighted by Crippen LogP contribution is -2.57. The highest BCUT2D eigenvalue weighted by atomic mass is 19.4. The SMILES string of the molecule is [C-]#[N+]C[C@H]1CN(c2nc(OCC34CCCN3CCC4)nc3c2CCN(c2cccc(C)c2C(F)(F)F)C3)CCN1C(=O)C(=C)F. The van der Waals surface area contributed by atoms with Gasteiger partial charge in [-0.3, -0.25) is 9.69 Å². The minimum absolute atomic E-state index is 0.0220. The number of benzene rings is 1. The molecule has 0 N–H and O–H groups in total. The van der Waals surface area contributed by atoms with E-state index in [1.165, 1.54) is 24.0 Å². The third-order valence-electron chi connectivity index (χ3n) is 9.76. The third-order valence-corrected chi connectivity index (χ3v) is 9.76. The molecule has 240 valence electrons. The topological polar surface area (TPSA) is 69.4 Å². The summed E-state index contributed by atoms with van der Waals surface area (Å²) in [5.74, 6) is -1.32. The summed E-state index contributed by atoms with van der Waals surface area (Å²) in [6.07, 6.45) is 0.134. The normalized spacial score (nSPS) is 21.3. The molecule has 0 aliphatic carbocycles. The van der Waals surface area contributed by atoms with Gasteiger partial charge in [-0.25, -0.2) is 11.0 Å². The molecular formula is C32H37F4N7O2. The van der Waals surface area contributed by atoms with Crippen molar-refractivity contribution in [3.63, 3.8) is 0 Å². The standard InChI is InChI=1S/C32H37F4N7O2/c1-21-7-4-8-26(27(21)32(34,35)36)40-14-9-24-25(19-40)38-30(45-20-31-10-5-12-42(31)13-6-11-31)39-28(24)41-15-16-43(29(44)22(2)33)23(18-41)17-37-3/h4,7-8,23H,2,5-6,9-20H2,1H3/t23-/m0/s1. The van der Waals surface area contributed by atoms with Crippen LogP contribution in [-0.4, -0.2) is 89.7 Å². The predicted octanol–water partition coefficient (Wildman–Crippen LogP) is 4.79. The van der Waals surface area contributed by atoms with Crippen LogP contribution in [0, 0.1) is 13.5 Å². The zero-order valence-electron chi connectivity index (χ0n) is 25.4. The summed E-state index contributed by atoms with van der Waals surface area (Å²) >= 11 is 0. The number of carbonyl (C=O) groups is 1. The molecule has 5 heterocycles. The van der Waals surface area contributed by atoms with Crippen LogP contribution < -0.4 is 14.5 Å². The zero-order valence-corrected chi connectivity index (χ0v) is 25.4. The molecule has 0 spiro atoms. The van der Waals surface area contributed by atoms with E-state index in [2.05, 4.69) is 16.3 Å². The average molecular weight is 628 g/mol. The van der Waals surface area contributed by atoms with Crippen LogP contribution in [0.5, 0.6) is 6.01 Å². The number of amides is 1. The Labute approximate surface area is 260 Å². The molecule has 0 unspecified atom stereocenters. The highest BCUT2D eigenvalue weighted by Crippen LogP contribution is 2.42. The number of anilines is 2. The molecule has 9 nitrogen and oxygen atoms in total. The van der Waals surface area contributed by atoms with E-state index in [-0.39, 0.29) is 49.0 Å². The van der Waals surface area contributed by atoms with Gasteiger partial charge in [0.15, 0.2) is 5.83 Å². The number of alkyl halides is 3. The molecule has 6 rings (SSSR count). The molecule has 0 bridgehead atoms. The highest BCUT2D eigenvalue weighted by Gasteiger charge is 2.45. The first-order valence-corrected chi connectivity index (χ1v) is 15.4. The van der Waals surface area contributed by atoms with Gasteiger partial charge < -0.3 is 24.3 Å². The van der Waals surface area contributed by atoms with Crippen molar-refractivity contribution < 1.29 is 27.1 Å². The Morgan fingerprint density at radius 3 is 2.58 bits per heavy atom. The van der Waals surface area contributed by atoms with E-state index < -0.39 is 29.5 Å². The number of aryl methyl sites for hydroxylation is 1. The minimum atomic E-state index is -4.51. The number of ether oxygens (including phenoxy) is 1. The van der Waals surface area contributed by atoms with Crippen molar-refractivity contribution in [3.05, 3.63) is 64.4 Å². The Hall–Kier alpha value is -3.92. The lowest BCUT2D eigenvalue weighted by atomic mass is 9.95. The zero-order chi connectivity index (χ0) is 31.9. The van der Waals surface area contributed by atoms with Crippen LogP contribution in [0.15, 0.2) is 30.6 Å². The van der Waals surface area contributed by atoms with Gasteiger partial charge in [-0.1, -0.05) is 18.7 Å². The summed E-state index contributed by atoms with van der Waals surface area (Å²) < 4.78 is 62.6. The summed E-state index contributed by atoms with van der Waals surface area (Å²) in [6, 6.07) is 4.17. The number of aromatic nitrogens is 2. The number of fused-ring (bicyclic) bond motifs is 2.